The summed E-state index contributed by atoms with van der Waals surface area (Å²) in [6, 6.07) is 9.71. The van der Waals surface area contributed by atoms with Crippen LogP contribution in [0.4, 0.5) is 0 Å². The Hall–Kier alpha value is -2.14. The highest BCUT2D eigenvalue weighted by atomic mass is 16.3. The minimum Gasteiger partial charge on any atom is -0.394 e. The highest BCUT2D eigenvalue weighted by Crippen LogP contribution is 2.18. The number of aliphatic hydroxyl groups excluding tert-OH is 1. The van der Waals surface area contributed by atoms with Crippen molar-refractivity contribution in [2.45, 2.75) is 25.3 Å². The molecule has 1 aliphatic rings. The van der Waals surface area contributed by atoms with E-state index in [2.05, 4.69) is 5.10 Å². The summed E-state index contributed by atoms with van der Waals surface area (Å²) in [6.07, 6.45) is 5.89. The van der Waals surface area contributed by atoms with Crippen molar-refractivity contribution in [2.75, 3.05) is 13.2 Å². The van der Waals surface area contributed by atoms with Gasteiger partial charge in [-0.25, -0.2) is 4.68 Å². The summed E-state index contributed by atoms with van der Waals surface area (Å²) >= 11 is 0. The molecule has 110 valence electrons. The lowest BCUT2D eigenvalue weighted by molar-refractivity contribution is -0.131. The molecule has 5 heteroatoms. The van der Waals surface area contributed by atoms with Crippen LogP contribution in [0.15, 0.2) is 42.7 Å². The molecule has 0 bridgehead atoms. The molecule has 2 aromatic rings. The molecule has 0 aliphatic carbocycles. The number of amides is 1. The van der Waals surface area contributed by atoms with Gasteiger partial charge in [0.1, 0.15) is 0 Å². The molecule has 0 unspecified atom stereocenters. The van der Waals surface area contributed by atoms with Gasteiger partial charge in [-0.05, 0) is 36.6 Å². The summed E-state index contributed by atoms with van der Waals surface area (Å²) in [5.74, 6) is 0.0957. The molecule has 1 saturated heterocycles. The maximum atomic E-state index is 12.3. The Morgan fingerprint density at radius 2 is 2.14 bits per heavy atom. The minimum absolute atomic E-state index is 0.000785. The van der Waals surface area contributed by atoms with Crippen LogP contribution >= 0.6 is 0 Å². The van der Waals surface area contributed by atoms with Gasteiger partial charge in [0, 0.05) is 18.9 Å². The summed E-state index contributed by atoms with van der Waals surface area (Å²) in [7, 11) is 0. The van der Waals surface area contributed by atoms with Crippen LogP contribution in [0.2, 0.25) is 0 Å². The summed E-state index contributed by atoms with van der Waals surface area (Å²) < 4.78 is 1.79. The molecule has 1 amide bonds. The van der Waals surface area contributed by atoms with E-state index in [4.69, 9.17) is 0 Å². The highest BCUT2D eigenvalue weighted by molar-refractivity contribution is 5.79. The number of carbonyl (C=O) groups excluding carboxylic acids is 1. The normalized spacial score (nSPS) is 18.1. The average molecular weight is 285 g/mol. The van der Waals surface area contributed by atoms with E-state index in [9.17, 15) is 9.90 Å². The molecule has 3 rings (SSSR count). The molecule has 2 heterocycles. The third-order valence-corrected chi connectivity index (χ3v) is 3.97. The molecule has 5 nitrogen and oxygen atoms in total. The van der Waals surface area contributed by atoms with Gasteiger partial charge in [0.05, 0.1) is 24.8 Å². The van der Waals surface area contributed by atoms with E-state index in [1.54, 1.807) is 15.8 Å². The first-order chi connectivity index (χ1) is 10.3. The second-order valence-electron chi connectivity index (χ2n) is 5.36. The molecular formula is C16H19N3O2. The number of likely N-dealkylation sites (tertiary alicyclic amines) is 1. The van der Waals surface area contributed by atoms with Crippen LogP contribution in [-0.2, 0) is 11.2 Å². The van der Waals surface area contributed by atoms with Gasteiger partial charge < -0.3 is 10.0 Å². The predicted molar refractivity (Wildman–Crippen MR) is 79.1 cm³/mol. The van der Waals surface area contributed by atoms with E-state index >= 15 is 0 Å². The molecule has 1 aromatic carbocycles. The van der Waals surface area contributed by atoms with Crippen LogP contribution in [0.3, 0.4) is 0 Å². The third-order valence-electron chi connectivity index (χ3n) is 3.97. The van der Waals surface area contributed by atoms with E-state index in [-0.39, 0.29) is 18.6 Å². The van der Waals surface area contributed by atoms with Gasteiger partial charge in [-0.15, -0.1) is 0 Å². The Bertz CT molecular complexity index is 592. The number of hydrogen-bond donors (Lipinski definition) is 1. The third kappa shape index (κ3) is 2.97. The van der Waals surface area contributed by atoms with Crippen LogP contribution < -0.4 is 0 Å². The van der Waals surface area contributed by atoms with E-state index in [0.29, 0.717) is 6.42 Å². The predicted octanol–water partition coefficient (Wildman–Crippen LogP) is 1.40. The molecule has 1 aliphatic heterocycles. The maximum Gasteiger partial charge on any atom is 0.227 e. The molecule has 1 fully saturated rings. The lowest BCUT2D eigenvalue weighted by Crippen LogP contribution is -2.38. The Kier molecular flexibility index (Phi) is 4.01. The van der Waals surface area contributed by atoms with Gasteiger partial charge in [-0.3, -0.25) is 4.79 Å². The molecule has 1 atom stereocenters. The van der Waals surface area contributed by atoms with Crippen molar-refractivity contribution in [3.8, 4) is 5.69 Å². The first kappa shape index (κ1) is 13.8. The molecule has 0 radical (unpaired) electrons. The van der Waals surface area contributed by atoms with Gasteiger partial charge in [0.15, 0.2) is 0 Å². The Labute approximate surface area is 123 Å². The summed E-state index contributed by atoms with van der Waals surface area (Å²) in [5.41, 5.74) is 1.96. The van der Waals surface area contributed by atoms with Gasteiger partial charge in [0.2, 0.25) is 5.91 Å². The second-order valence-corrected chi connectivity index (χ2v) is 5.36. The van der Waals surface area contributed by atoms with Crippen LogP contribution in [0, 0.1) is 0 Å². The van der Waals surface area contributed by atoms with E-state index in [0.717, 1.165) is 30.6 Å². The number of carbonyl (C=O) groups is 1. The van der Waals surface area contributed by atoms with Crippen molar-refractivity contribution in [2.24, 2.45) is 0 Å². The van der Waals surface area contributed by atoms with Crippen LogP contribution in [0.25, 0.3) is 5.69 Å². The van der Waals surface area contributed by atoms with Crippen LogP contribution in [0.5, 0.6) is 0 Å². The number of hydrogen-bond acceptors (Lipinski definition) is 3. The van der Waals surface area contributed by atoms with E-state index in [1.807, 2.05) is 36.5 Å². The number of rotatable bonds is 4. The fraction of sp³-hybridized carbons (Fsp3) is 0.375. The van der Waals surface area contributed by atoms with Gasteiger partial charge >= 0.3 is 0 Å². The zero-order valence-electron chi connectivity index (χ0n) is 11.9. The first-order valence-corrected chi connectivity index (χ1v) is 7.27. The Morgan fingerprint density at radius 3 is 2.81 bits per heavy atom. The average Bonchev–Trinajstić information content (AvgIpc) is 3.19. The lowest BCUT2D eigenvalue weighted by Gasteiger charge is -2.23. The minimum atomic E-state index is 0.000785. The van der Waals surface area contributed by atoms with Crippen molar-refractivity contribution < 1.29 is 9.90 Å². The van der Waals surface area contributed by atoms with Gasteiger partial charge in [0.25, 0.3) is 0 Å². The molecule has 21 heavy (non-hydrogen) atoms. The van der Waals surface area contributed by atoms with Crippen molar-refractivity contribution >= 4 is 5.91 Å². The maximum absolute atomic E-state index is 12.3. The summed E-state index contributed by atoms with van der Waals surface area (Å²) in [6.45, 7) is 0.819. The zero-order valence-corrected chi connectivity index (χ0v) is 11.9. The van der Waals surface area contributed by atoms with Crippen LogP contribution in [0.1, 0.15) is 18.4 Å². The number of benzene rings is 1. The SMILES string of the molecule is O=C(Cc1ccc(-n2cccn2)cc1)N1CCC[C@H]1CO. The summed E-state index contributed by atoms with van der Waals surface area (Å²) in [5, 5.41) is 13.5. The van der Waals surface area contributed by atoms with Crippen molar-refractivity contribution in [3.63, 3.8) is 0 Å². The molecule has 0 spiro atoms. The lowest BCUT2D eigenvalue weighted by atomic mass is 10.1. The smallest absolute Gasteiger partial charge is 0.227 e. The molecule has 1 N–H and O–H groups in total. The molecule has 0 saturated carbocycles. The van der Waals surface area contributed by atoms with Crippen molar-refractivity contribution in [3.05, 3.63) is 48.3 Å². The van der Waals surface area contributed by atoms with Gasteiger partial charge in [-0.1, -0.05) is 12.1 Å². The first-order valence-electron chi connectivity index (χ1n) is 7.27. The molecular weight excluding hydrogens is 266 g/mol. The highest BCUT2D eigenvalue weighted by Gasteiger charge is 2.27. The van der Waals surface area contributed by atoms with Crippen molar-refractivity contribution in [1.82, 2.24) is 14.7 Å². The fourth-order valence-corrected chi connectivity index (χ4v) is 2.82. The van der Waals surface area contributed by atoms with Gasteiger partial charge in [-0.2, -0.15) is 5.10 Å². The summed E-state index contributed by atoms with van der Waals surface area (Å²) in [4.78, 5) is 14.1. The van der Waals surface area contributed by atoms with E-state index < -0.39 is 0 Å². The Balaban J connectivity index is 1.66. The number of aromatic nitrogens is 2. The molecule has 1 aromatic heterocycles. The number of nitrogens with zero attached hydrogens (tertiary/aromatic N) is 3. The Morgan fingerprint density at radius 1 is 1.33 bits per heavy atom. The number of aliphatic hydroxyl groups is 1. The quantitative estimate of drug-likeness (QED) is 0.923. The van der Waals surface area contributed by atoms with E-state index in [1.165, 1.54) is 0 Å². The topological polar surface area (TPSA) is 58.4 Å². The van der Waals surface area contributed by atoms with Crippen molar-refractivity contribution in [1.29, 1.82) is 0 Å². The second kappa shape index (κ2) is 6.10. The fourth-order valence-electron chi connectivity index (χ4n) is 2.82. The largest absolute Gasteiger partial charge is 0.394 e. The monoisotopic (exact) mass is 285 g/mol. The standard InChI is InChI=1S/C16H19N3O2/c20-12-15-3-1-9-18(15)16(21)11-13-4-6-14(7-5-13)19-10-2-8-17-19/h2,4-8,10,15,20H,1,3,9,11-12H2/t15-/m0/s1. The van der Waals surface area contributed by atoms with Crippen LogP contribution in [-0.4, -0.2) is 44.9 Å². The zero-order chi connectivity index (χ0) is 14.7.